The van der Waals surface area contributed by atoms with E-state index in [9.17, 15) is 0 Å². The average molecular weight is 283 g/mol. The fourth-order valence-electron chi connectivity index (χ4n) is 3.30. The third-order valence-electron chi connectivity index (χ3n) is 4.68. The summed E-state index contributed by atoms with van der Waals surface area (Å²) in [5, 5.41) is 8.04. The van der Waals surface area contributed by atoms with Crippen LogP contribution in [-0.4, -0.2) is 15.8 Å². The van der Waals surface area contributed by atoms with Crippen LogP contribution in [0.1, 0.15) is 45.1 Å². The van der Waals surface area contributed by atoms with Crippen LogP contribution >= 0.6 is 0 Å². The van der Waals surface area contributed by atoms with E-state index in [0.29, 0.717) is 11.5 Å². The second kappa shape index (κ2) is 5.92. The SMILES string of the molecule is CC1(C)CCCCC1Nc1cccc(Cn2cccn2)c1. The van der Waals surface area contributed by atoms with Crippen LogP contribution in [0.25, 0.3) is 0 Å². The number of rotatable bonds is 4. The molecule has 0 spiro atoms. The van der Waals surface area contributed by atoms with Crippen LogP contribution in [0, 0.1) is 5.41 Å². The molecule has 1 aliphatic carbocycles. The summed E-state index contributed by atoms with van der Waals surface area (Å²) in [5.41, 5.74) is 2.91. The number of nitrogens with one attached hydrogen (secondary N) is 1. The van der Waals surface area contributed by atoms with E-state index < -0.39 is 0 Å². The molecule has 21 heavy (non-hydrogen) atoms. The summed E-state index contributed by atoms with van der Waals surface area (Å²) in [4.78, 5) is 0. The van der Waals surface area contributed by atoms with E-state index in [0.717, 1.165) is 6.54 Å². The highest BCUT2D eigenvalue weighted by Crippen LogP contribution is 2.37. The van der Waals surface area contributed by atoms with Gasteiger partial charge < -0.3 is 5.32 Å². The van der Waals surface area contributed by atoms with Crippen molar-refractivity contribution in [2.75, 3.05) is 5.32 Å². The van der Waals surface area contributed by atoms with Crippen LogP contribution in [0.5, 0.6) is 0 Å². The molecule has 0 saturated heterocycles. The van der Waals surface area contributed by atoms with Gasteiger partial charge in [-0.05, 0) is 42.0 Å². The Kier molecular flexibility index (Phi) is 4.00. The molecule has 3 rings (SSSR count). The molecule has 1 heterocycles. The Balaban J connectivity index is 1.71. The van der Waals surface area contributed by atoms with Crippen molar-refractivity contribution in [1.29, 1.82) is 0 Å². The van der Waals surface area contributed by atoms with E-state index in [-0.39, 0.29) is 0 Å². The average Bonchev–Trinajstić information content (AvgIpc) is 2.94. The van der Waals surface area contributed by atoms with Crippen LogP contribution in [0.2, 0.25) is 0 Å². The number of anilines is 1. The normalized spacial score (nSPS) is 21.1. The lowest BCUT2D eigenvalue weighted by Crippen LogP contribution is -2.38. The lowest BCUT2D eigenvalue weighted by atomic mass is 9.73. The van der Waals surface area contributed by atoms with Crippen molar-refractivity contribution in [3.8, 4) is 0 Å². The first-order valence-electron chi connectivity index (χ1n) is 7.96. The number of benzene rings is 1. The highest BCUT2D eigenvalue weighted by molar-refractivity contribution is 5.47. The lowest BCUT2D eigenvalue weighted by molar-refractivity contribution is 0.217. The van der Waals surface area contributed by atoms with Gasteiger partial charge in [-0.2, -0.15) is 5.10 Å². The standard InChI is InChI=1S/C18H25N3/c1-18(2)10-4-3-9-17(18)20-16-8-5-7-15(13-16)14-21-12-6-11-19-21/h5-8,11-13,17,20H,3-4,9-10,14H2,1-2H3. The smallest absolute Gasteiger partial charge is 0.0660 e. The molecule has 1 aliphatic rings. The van der Waals surface area contributed by atoms with Gasteiger partial charge in [0.05, 0.1) is 6.54 Å². The van der Waals surface area contributed by atoms with Crippen LogP contribution in [-0.2, 0) is 6.54 Å². The summed E-state index contributed by atoms with van der Waals surface area (Å²) in [6, 6.07) is 11.3. The van der Waals surface area contributed by atoms with Crippen LogP contribution < -0.4 is 5.32 Å². The van der Waals surface area contributed by atoms with E-state index in [1.807, 2.05) is 23.1 Å². The molecule has 1 saturated carbocycles. The van der Waals surface area contributed by atoms with E-state index in [2.05, 4.69) is 48.5 Å². The molecule has 1 fully saturated rings. The van der Waals surface area contributed by atoms with Gasteiger partial charge in [0.25, 0.3) is 0 Å². The fraction of sp³-hybridized carbons (Fsp3) is 0.500. The zero-order chi connectivity index (χ0) is 14.7. The number of hydrogen-bond donors (Lipinski definition) is 1. The molecular formula is C18H25N3. The number of hydrogen-bond acceptors (Lipinski definition) is 2. The van der Waals surface area contributed by atoms with E-state index >= 15 is 0 Å². The van der Waals surface area contributed by atoms with Crippen molar-refractivity contribution in [2.45, 2.75) is 52.1 Å². The van der Waals surface area contributed by atoms with Crippen LogP contribution in [0.15, 0.2) is 42.7 Å². The Bertz CT molecular complexity index is 572. The number of nitrogens with zero attached hydrogens (tertiary/aromatic N) is 2. The van der Waals surface area contributed by atoms with E-state index in [1.165, 1.54) is 36.9 Å². The molecule has 1 unspecified atom stereocenters. The summed E-state index contributed by atoms with van der Waals surface area (Å²) >= 11 is 0. The van der Waals surface area contributed by atoms with Gasteiger partial charge >= 0.3 is 0 Å². The molecule has 0 aliphatic heterocycles. The summed E-state index contributed by atoms with van der Waals surface area (Å²) in [6.07, 6.45) is 9.13. The minimum absolute atomic E-state index is 0.385. The van der Waals surface area contributed by atoms with Crippen molar-refractivity contribution in [1.82, 2.24) is 9.78 Å². The van der Waals surface area contributed by atoms with Gasteiger partial charge in [0.2, 0.25) is 0 Å². The van der Waals surface area contributed by atoms with Crippen LogP contribution in [0.4, 0.5) is 5.69 Å². The van der Waals surface area contributed by atoms with Crippen molar-refractivity contribution in [3.05, 3.63) is 48.3 Å². The van der Waals surface area contributed by atoms with Crippen molar-refractivity contribution >= 4 is 5.69 Å². The quantitative estimate of drug-likeness (QED) is 0.906. The first kappa shape index (κ1) is 14.2. The molecule has 3 heteroatoms. The van der Waals surface area contributed by atoms with Crippen molar-refractivity contribution < 1.29 is 0 Å². The van der Waals surface area contributed by atoms with Gasteiger partial charge in [0, 0.05) is 24.1 Å². The lowest BCUT2D eigenvalue weighted by Gasteiger charge is -2.39. The minimum atomic E-state index is 0.385. The van der Waals surface area contributed by atoms with Gasteiger partial charge in [-0.25, -0.2) is 0 Å². The third-order valence-corrected chi connectivity index (χ3v) is 4.68. The molecule has 1 aromatic carbocycles. The zero-order valence-corrected chi connectivity index (χ0v) is 13.0. The predicted molar refractivity (Wildman–Crippen MR) is 87.4 cm³/mol. The van der Waals surface area contributed by atoms with E-state index in [1.54, 1.807) is 0 Å². The highest BCUT2D eigenvalue weighted by Gasteiger charge is 2.31. The molecule has 2 aromatic rings. The minimum Gasteiger partial charge on any atom is -0.382 e. The van der Waals surface area contributed by atoms with Crippen molar-refractivity contribution in [2.24, 2.45) is 5.41 Å². The van der Waals surface area contributed by atoms with Crippen molar-refractivity contribution in [3.63, 3.8) is 0 Å². The van der Waals surface area contributed by atoms with Gasteiger partial charge in [-0.1, -0.05) is 38.8 Å². The maximum absolute atomic E-state index is 4.28. The van der Waals surface area contributed by atoms with Crippen LogP contribution in [0.3, 0.4) is 0 Å². The van der Waals surface area contributed by atoms with E-state index in [4.69, 9.17) is 0 Å². The van der Waals surface area contributed by atoms with Gasteiger partial charge in [-0.15, -0.1) is 0 Å². The molecule has 1 aromatic heterocycles. The van der Waals surface area contributed by atoms with Gasteiger partial charge in [0.15, 0.2) is 0 Å². The Morgan fingerprint density at radius 2 is 2.19 bits per heavy atom. The van der Waals surface area contributed by atoms with Gasteiger partial charge in [-0.3, -0.25) is 4.68 Å². The molecule has 0 radical (unpaired) electrons. The number of aromatic nitrogens is 2. The fourth-order valence-corrected chi connectivity index (χ4v) is 3.30. The summed E-state index contributed by atoms with van der Waals surface area (Å²) in [7, 11) is 0. The molecule has 1 N–H and O–H groups in total. The Morgan fingerprint density at radius 1 is 1.29 bits per heavy atom. The third kappa shape index (κ3) is 3.46. The molecule has 0 amide bonds. The topological polar surface area (TPSA) is 29.9 Å². The Labute approximate surface area is 127 Å². The maximum Gasteiger partial charge on any atom is 0.0660 e. The Hall–Kier alpha value is -1.77. The molecule has 1 atom stereocenters. The van der Waals surface area contributed by atoms with Gasteiger partial charge in [0.1, 0.15) is 0 Å². The summed E-state index contributed by atoms with van der Waals surface area (Å²) in [6.45, 7) is 5.60. The molecule has 3 nitrogen and oxygen atoms in total. The monoisotopic (exact) mass is 283 g/mol. The highest BCUT2D eigenvalue weighted by atomic mass is 15.3. The zero-order valence-electron chi connectivity index (χ0n) is 13.0. The summed E-state index contributed by atoms with van der Waals surface area (Å²) < 4.78 is 1.96. The largest absolute Gasteiger partial charge is 0.382 e. The second-order valence-corrected chi connectivity index (χ2v) is 6.84. The first-order chi connectivity index (χ1) is 10.1. The molecule has 112 valence electrons. The molecular weight excluding hydrogens is 258 g/mol. The maximum atomic E-state index is 4.28. The summed E-state index contributed by atoms with van der Waals surface area (Å²) in [5.74, 6) is 0. The molecule has 0 bridgehead atoms. The first-order valence-corrected chi connectivity index (χ1v) is 7.96. The Morgan fingerprint density at radius 3 is 2.95 bits per heavy atom. The predicted octanol–water partition coefficient (Wildman–Crippen LogP) is 4.31. The second-order valence-electron chi connectivity index (χ2n) is 6.84.